The van der Waals surface area contributed by atoms with Crippen molar-refractivity contribution in [1.82, 2.24) is 9.88 Å². The maximum absolute atomic E-state index is 12.9. The molecule has 1 fully saturated rings. The van der Waals surface area contributed by atoms with Crippen LogP contribution in [0.25, 0.3) is 0 Å². The number of piperazine rings is 1. The molecule has 0 spiro atoms. The lowest BCUT2D eigenvalue weighted by atomic mass is 10.2. The van der Waals surface area contributed by atoms with E-state index in [4.69, 9.17) is 4.74 Å². The molecular formula is C21H28N4O2. The van der Waals surface area contributed by atoms with Crippen molar-refractivity contribution in [2.75, 3.05) is 50.1 Å². The highest BCUT2D eigenvalue weighted by Gasteiger charge is 2.24. The van der Waals surface area contributed by atoms with Crippen molar-refractivity contribution in [3.63, 3.8) is 0 Å². The number of hydrogen-bond acceptors (Lipinski definition) is 5. The molecule has 144 valence electrons. The first kappa shape index (κ1) is 19.0. The largest absolute Gasteiger partial charge is 0.495 e. The van der Waals surface area contributed by atoms with Crippen molar-refractivity contribution in [3.8, 4) is 5.75 Å². The summed E-state index contributed by atoms with van der Waals surface area (Å²) in [6, 6.07) is 9.90. The van der Waals surface area contributed by atoms with E-state index in [0.717, 1.165) is 36.8 Å². The molecule has 1 N–H and O–H groups in total. The molecule has 1 amide bonds. The summed E-state index contributed by atoms with van der Waals surface area (Å²) in [4.78, 5) is 21.3. The molecule has 3 rings (SSSR count). The summed E-state index contributed by atoms with van der Waals surface area (Å²) in [6.45, 7) is 8.08. The van der Waals surface area contributed by atoms with Crippen LogP contribution in [0.4, 0.5) is 11.4 Å². The predicted molar refractivity (Wildman–Crippen MR) is 109 cm³/mol. The van der Waals surface area contributed by atoms with Crippen molar-refractivity contribution in [1.29, 1.82) is 0 Å². The van der Waals surface area contributed by atoms with Crippen LogP contribution in [0.5, 0.6) is 5.75 Å². The fraction of sp³-hybridized carbons (Fsp3) is 0.429. The van der Waals surface area contributed by atoms with Gasteiger partial charge in [-0.05, 0) is 24.1 Å². The Labute approximate surface area is 161 Å². The van der Waals surface area contributed by atoms with Gasteiger partial charge in [0, 0.05) is 45.1 Å². The van der Waals surface area contributed by atoms with Crippen LogP contribution >= 0.6 is 0 Å². The zero-order chi connectivity index (χ0) is 19.2. The van der Waals surface area contributed by atoms with Crippen LogP contribution in [0, 0.1) is 5.92 Å². The van der Waals surface area contributed by atoms with E-state index in [9.17, 15) is 4.79 Å². The van der Waals surface area contributed by atoms with Gasteiger partial charge in [0.2, 0.25) is 0 Å². The van der Waals surface area contributed by atoms with E-state index in [1.54, 1.807) is 19.5 Å². The van der Waals surface area contributed by atoms with E-state index < -0.39 is 0 Å². The molecule has 0 aliphatic carbocycles. The highest BCUT2D eigenvalue weighted by molar-refractivity contribution is 5.95. The number of aromatic nitrogens is 1. The number of anilines is 2. The summed E-state index contributed by atoms with van der Waals surface area (Å²) in [5.41, 5.74) is 2.60. The van der Waals surface area contributed by atoms with Gasteiger partial charge < -0.3 is 19.9 Å². The van der Waals surface area contributed by atoms with E-state index in [0.29, 0.717) is 24.6 Å². The maximum Gasteiger partial charge on any atom is 0.255 e. The van der Waals surface area contributed by atoms with Crippen LogP contribution in [0.2, 0.25) is 0 Å². The topological polar surface area (TPSA) is 57.7 Å². The Balaban J connectivity index is 1.62. The average molecular weight is 368 g/mol. The summed E-state index contributed by atoms with van der Waals surface area (Å²) in [5, 5.41) is 3.33. The highest BCUT2D eigenvalue weighted by atomic mass is 16.5. The Hall–Kier alpha value is -2.76. The molecule has 1 aromatic carbocycles. The number of carbonyl (C=O) groups excluding carboxylic acids is 1. The highest BCUT2D eigenvalue weighted by Crippen LogP contribution is 2.28. The molecule has 1 saturated heterocycles. The van der Waals surface area contributed by atoms with Gasteiger partial charge in [-0.15, -0.1) is 0 Å². The fourth-order valence-corrected chi connectivity index (χ4v) is 3.20. The van der Waals surface area contributed by atoms with Gasteiger partial charge in [-0.2, -0.15) is 0 Å². The van der Waals surface area contributed by atoms with E-state index in [-0.39, 0.29) is 5.91 Å². The average Bonchev–Trinajstić information content (AvgIpc) is 2.72. The molecule has 0 atom stereocenters. The van der Waals surface area contributed by atoms with Gasteiger partial charge in [-0.3, -0.25) is 9.78 Å². The second-order valence-corrected chi connectivity index (χ2v) is 7.19. The second kappa shape index (κ2) is 8.75. The number of amides is 1. The van der Waals surface area contributed by atoms with Gasteiger partial charge in [0.15, 0.2) is 0 Å². The van der Waals surface area contributed by atoms with Crippen LogP contribution in [0.3, 0.4) is 0 Å². The lowest BCUT2D eigenvalue weighted by Gasteiger charge is -2.36. The van der Waals surface area contributed by atoms with Crippen LogP contribution in [0.15, 0.2) is 42.7 Å². The second-order valence-electron chi connectivity index (χ2n) is 7.19. The van der Waals surface area contributed by atoms with Crippen molar-refractivity contribution >= 4 is 17.3 Å². The standard InChI is InChI=1S/C21H28N4O2/c1-16(2)13-23-18-12-17(14-22-15-18)21(26)25-10-8-24(9-11-25)19-6-4-5-7-20(19)27-3/h4-7,12,14-16,23H,8-11,13H2,1-3H3. The fourth-order valence-electron chi connectivity index (χ4n) is 3.20. The third-order valence-electron chi connectivity index (χ3n) is 4.69. The predicted octanol–water partition coefficient (Wildman–Crippen LogP) is 3.12. The van der Waals surface area contributed by atoms with Gasteiger partial charge in [0.25, 0.3) is 5.91 Å². The molecule has 2 aromatic rings. The molecule has 1 aliphatic rings. The zero-order valence-corrected chi connectivity index (χ0v) is 16.3. The van der Waals surface area contributed by atoms with Gasteiger partial charge in [0.1, 0.15) is 5.75 Å². The Morgan fingerprint density at radius 1 is 1.19 bits per heavy atom. The van der Waals surface area contributed by atoms with E-state index in [1.165, 1.54) is 0 Å². The molecule has 0 unspecified atom stereocenters. The lowest BCUT2D eigenvalue weighted by molar-refractivity contribution is 0.0746. The van der Waals surface area contributed by atoms with Crippen LogP contribution < -0.4 is 15.0 Å². The third-order valence-corrected chi connectivity index (χ3v) is 4.69. The summed E-state index contributed by atoms with van der Waals surface area (Å²) in [5.74, 6) is 1.44. The SMILES string of the molecule is COc1ccccc1N1CCN(C(=O)c2cncc(NCC(C)C)c2)CC1. The smallest absolute Gasteiger partial charge is 0.255 e. The van der Waals surface area contributed by atoms with Gasteiger partial charge in [-0.25, -0.2) is 0 Å². The lowest BCUT2D eigenvalue weighted by Crippen LogP contribution is -2.48. The first-order chi connectivity index (χ1) is 13.1. The molecule has 0 radical (unpaired) electrons. The molecule has 1 aromatic heterocycles. The van der Waals surface area contributed by atoms with Crippen molar-refractivity contribution < 1.29 is 9.53 Å². The number of methoxy groups -OCH3 is 1. The van der Waals surface area contributed by atoms with Gasteiger partial charge >= 0.3 is 0 Å². The Morgan fingerprint density at radius 2 is 1.93 bits per heavy atom. The Bertz CT molecular complexity index is 770. The summed E-state index contributed by atoms with van der Waals surface area (Å²) >= 11 is 0. The van der Waals surface area contributed by atoms with E-state index in [1.807, 2.05) is 29.2 Å². The van der Waals surface area contributed by atoms with Crippen molar-refractivity contribution in [2.45, 2.75) is 13.8 Å². The van der Waals surface area contributed by atoms with Crippen LogP contribution in [-0.2, 0) is 0 Å². The van der Waals surface area contributed by atoms with Crippen LogP contribution in [0.1, 0.15) is 24.2 Å². The van der Waals surface area contributed by atoms with Crippen LogP contribution in [-0.4, -0.2) is 55.6 Å². The number of ether oxygens (including phenoxy) is 1. The number of nitrogens with one attached hydrogen (secondary N) is 1. The number of rotatable bonds is 6. The third kappa shape index (κ3) is 4.70. The molecule has 6 heteroatoms. The zero-order valence-electron chi connectivity index (χ0n) is 16.3. The first-order valence-corrected chi connectivity index (χ1v) is 9.44. The minimum Gasteiger partial charge on any atom is -0.495 e. The summed E-state index contributed by atoms with van der Waals surface area (Å²) in [6.07, 6.45) is 3.41. The first-order valence-electron chi connectivity index (χ1n) is 9.44. The monoisotopic (exact) mass is 368 g/mol. The van der Waals surface area contributed by atoms with E-state index >= 15 is 0 Å². The summed E-state index contributed by atoms with van der Waals surface area (Å²) in [7, 11) is 1.69. The molecule has 0 bridgehead atoms. The molecule has 1 aliphatic heterocycles. The number of carbonyl (C=O) groups is 1. The number of hydrogen-bond donors (Lipinski definition) is 1. The molecule has 2 heterocycles. The maximum atomic E-state index is 12.9. The normalized spacial score (nSPS) is 14.4. The van der Waals surface area contributed by atoms with Gasteiger partial charge in [0.05, 0.1) is 24.0 Å². The van der Waals surface area contributed by atoms with E-state index in [2.05, 4.69) is 35.1 Å². The number of para-hydroxylation sites is 2. The number of nitrogens with zero attached hydrogens (tertiary/aromatic N) is 3. The molecule has 6 nitrogen and oxygen atoms in total. The Morgan fingerprint density at radius 3 is 2.63 bits per heavy atom. The molecular weight excluding hydrogens is 340 g/mol. The van der Waals surface area contributed by atoms with Crippen molar-refractivity contribution in [2.24, 2.45) is 5.92 Å². The van der Waals surface area contributed by atoms with Crippen molar-refractivity contribution in [3.05, 3.63) is 48.3 Å². The quantitative estimate of drug-likeness (QED) is 0.849. The minimum atomic E-state index is 0.0374. The Kier molecular flexibility index (Phi) is 6.16. The number of pyridine rings is 1. The molecule has 27 heavy (non-hydrogen) atoms. The minimum absolute atomic E-state index is 0.0374. The summed E-state index contributed by atoms with van der Waals surface area (Å²) < 4.78 is 5.46. The van der Waals surface area contributed by atoms with Gasteiger partial charge in [-0.1, -0.05) is 26.0 Å². The number of benzene rings is 1. The molecule has 0 saturated carbocycles.